The summed E-state index contributed by atoms with van der Waals surface area (Å²) in [5.41, 5.74) is 1.15. The number of piperidine rings is 1. The van der Waals surface area contributed by atoms with Crippen LogP contribution < -0.4 is 4.90 Å². The molecule has 0 bridgehead atoms. The molecule has 1 aliphatic rings. The number of aliphatic hydroxyl groups excluding tert-OH is 1. The van der Waals surface area contributed by atoms with Gasteiger partial charge >= 0.3 is 0 Å². The van der Waals surface area contributed by atoms with Crippen LogP contribution in [0.4, 0.5) is 5.95 Å². The molecule has 0 saturated carbocycles. The number of rotatable bonds is 3. The molecule has 4 heteroatoms. The van der Waals surface area contributed by atoms with E-state index in [1.165, 1.54) is 6.42 Å². The first-order chi connectivity index (χ1) is 7.85. The van der Waals surface area contributed by atoms with Gasteiger partial charge in [0.15, 0.2) is 0 Å². The van der Waals surface area contributed by atoms with E-state index in [2.05, 4.69) is 21.8 Å². The molecule has 88 valence electrons. The van der Waals surface area contributed by atoms with Gasteiger partial charge in [-0.3, -0.25) is 0 Å². The fraction of sp³-hybridized carbons (Fsp3) is 0.667. The van der Waals surface area contributed by atoms with Crippen molar-refractivity contribution in [3.05, 3.63) is 18.0 Å². The first-order valence-electron chi connectivity index (χ1n) is 6.03. The van der Waals surface area contributed by atoms with Crippen LogP contribution in [0.5, 0.6) is 0 Å². The maximum Gasteiger partial charge on any atom is 0.225 e. The number of aromatic nitrogens is 2. The lowest BCUT2D eigenvalue weighted by Gasteiger charge is -2.34. The highest BCUT2D eigenvalue weighted by molar-refractivity contribution is 5.32. The zero-order chi connectivity index (χ0) is 11.4. The molecule has 2 rings (SSSR count). The van der Waals surface area contributed by atoms with Gasteiger partial charge in [0, 0.05) is 18.9 Å². The molecular formula is C12H19N3O. The number of aliphatic hydroxyl groups is 1. The summed E-state index contributed by atoms with van der Waals surface area (Å²) in [7, 11) is 0. The van der Waals surface area contributed by atoms with Gasteiger partial charge in [0.05, 0.1) is 12.6 Å². The summed E-state index contributed by atoms with van der Waals surface area (Å²) in [5.74, 6) is 0.760. The Morgan fingerprint density at radius 3 is 2.75 bits per heavy atom. The topological polar surface area (TPSA) is 49.2 Å². The maximum atomic E-state index is 9.33. The Morgan fingerprint density at radius 2 is 2.12 bits per heavy atom. The van der Waals surface area contributed by atoms with Gasteiger partial charge < -0.3 is 10.0 Å². The SMILES string of the molecule is CCc1cnc(N2CCCCC2CO)nc1. The molecule has 0 spiro atoms. The van der Waals surface area contributed by atoms with Crippen LogP contribution in [0.3, 0.4) is 0 Å². The lowest BCUT2D eigenvalue weighted by atomic mass is 10.0. The lowest BCUT2D eigenvalue weighted by molar-refractivity contribution is 0.239. The number of aryl methyl sites for hydroxylation is 1. The smallest absolute Gasteiger partial charge is 0.225 e. The zero-order valence-corrected chi connectivity index (χ0v) is 9.76. The van der Waals surface area contributed by atoms with E-state index in [4.69, 9.17) is 0 Å². The van der Waals surface area contributed by atoms with Crippen molar-refractivity contribution < 1.29 is 5.11 Å². The predicted octanol–water partition coefficient (Wildman–Crippen LogP) is 1.39. The van der Waals surface area contributed by atoms with Gasteiger partial charge in [-0.05, 0) is 31.2 Å². The number of anilines is 1. The first kappa shape index (κ1) is 11.3. The second-order valence-electron chi connectivity index (χ2n) is 4.27. The van der Waals surface area contributed by atoms with Gasteiger partial charge in [0.2, 0.25) is 5.95 Å². The molecule has 1 atom stereocenters. The lowest BCUT2D eigenvalue weighted by Crippen LogP contribution is -2.42. The van der Waals surface area contributed by atoms with E-state index in [-0.39, 0.29) is 12.6 Å². The van der Waals surface area contributed by atoms with E-state index in [1.54, 1.807) is 0 Å². The second-order valence-corrected chi connectivity index (χ2v) is 4.27. The molecule has 1 N–H and O–H groups in total. The van der Waals surface area contributed by atoms with Crippen molar-refractivity contribution in [2.75, 3.05) is 18.1 Å². The van der Waals surface area contributed by atoms with Crippen LogP contribution in [0.1, 0.15) is 31.7 Å². The molecule has 16 heavy (non-hydrogen) atoms. The van der Waals surface area contributed by atoms with Crippen LogP contribution in [-0.4, -0.2) is 34.3 Å². The molecule has 4 nitrogen and oxygen atoms in total. The minimum absolute atomic E-state index is 0.193. The Kier molecular flexibility index (Phi) is 3.72. The third-order valence-corrected chi connectivity index (χ3v) is 3.19. The minimum Gasteiger partial charge on any atom is -0.394 e. The van der Waals surface area contributed by atoms with Crippen LogP contribution in [0.2, 0.25) is 0 Å². The summed E-state index contributed by atoms with van der Waals surface area (Å²) in [6.45, 7) is 3.24. The summed E-state index contributed by atoms with van der Waals surface area (Å²) in [5, 5.41) is 9.33. The van der Waals surface area contributed by atoms with Gasteiger partial charge in [-0.15, -0.1) is 0 Å². The van der Waals surface area contributed by atoms with E-state index in [9.17, 15) is 5.11 Å². The van der Waals surface area contributed by atoms with Crippen molar-refractivity contribution in [1.82, 2.24) is 9.97 Å². The van der Waals surface area contributed by atoms with E-state index >= 15 is 0 Å². The summed E-state index contributed by atoms with van der Waals surface area (Å²) in [6, 6.07) is 0.196. The van der Waals surface area contributed by atoms with Gasteiger partial charge in [-0.25, -0.2) is 9.97 Å². The van der Waals surface area contributed by atoms with Gasteiger partial charge in [0.1, 0.15) is 0 Å². The predicted molar refractivity (Wildman–Crippen MR) is 63.5 cm³/mol. The highest BCUT2D eigenvalue weighted by atomic mass is 16.3. The van der Waals surface area contributed by atoms with Gasteiger partial charge in [-0.1, -0.05) is 6.92 Å². The van der Waals surface area contributed by atoms with Crippen LogP contribution in [0.15, 0.2) is 12.4 Å². The van der Waals surface area contributed by atoms with Crippen molar-refractivity contribution in [2.45, 2.75) is 38.6 Å². The fourth-order valence-electron chi connectivity index (χ4n) is 2.13. The third-order valence-electron chi connectivity index (χ3n) is 3.19. The average Bonchev–Trinajstić information content (AvgIpc) is 2.39. The molecule has 0 radical (unpaired) electrons. The quantitative estimate of drug-likeness (QED) is 0.838. The Balaban J connectivity index is 2.14. The van der Waals surface area contributed by atoms with Crippen LogP contribution in [0, 0.1) is 0 Å². The van der Waals surface area contributed by atoms with Gasteiger partial charge in [0.25, 0.3) is 0 Å². The number of hydrogen-bond donors (Lipinski definition) is 1. The monoisotopic (exact) mass is 221 g/mol. The van der Waals surface area contributed by atoms with E-state index < -0.39 is 0 Å². The Labute approximate surface area is 96.3 Å². The molecule has 1 aliphatic heterocycles. The van der Waals surface area contributed by atoms with Crippen LogP contribution in [0.25, 0.3) is 0 Å². The number of nitrogens with zero attached hydrogens (tertiary/aromatic N) is 3. The summed E-state index contributed by atoms with van der Waals surface area (Å²) in [4.78, 5) is 10.9. The third kappa shape index (κ3) is 2.32. The molecule has 0 aromatic carbocycles. The second kappa shape index (κ2) is 5.25. The highest BCUT2D eigenvalue weighted by Gasteiger charge is 2.23. The van der Waals surface area contributed by atoms with E-state index in [1.807, 2.05) is 12.4 Å². The molecule has 1 fully saturated rings. The molecule has 2 heterocycles. The van der Waals surface area contributed by atoms with E-state index in [0.29, 0.717) is 0 Å². The van der Waals surface area contributed by atoms with Crippen molar-refractivity contribution in [3.63, 3.8) is 0 Å². The van der Waals surface area contributed by atoms with Gasteiger partial charge in [-0.2, -0.15) is 0 Å². The summed E-state index contributed by atoms with van der Waals surface area (Å²) < 4.78 is 0. The maximum absolute atomic E-state index is 9.33. The molecule has 0 amide bonds. The molecule has 1 saturated heterocycles. The average molecular weight is 221 g/mol. The van der Waals surface area contributed by atoms with Crippen molar-refractivity contribution in [3.8, 4) is 0 Å². The van der Waals surface area contributed by atoms with Crippen molar-refractivity contribution in [1.29, 1.82) is 0 Å². The minimum atomic E-state index is 0.193. The summed E-state index contributed by atoms with van der Waals surface area (Å²) in [6.07, 6.45) is 8.11. The Morgan fingerprint density at radius 1 is 1.38 bits per heavy atom. The normalized spacial score (nSPS) is 21.1. The van der Waals surface area contributed by atoms with Crippen molar-refractivity contribution >= 4 is 5.95 Å². The molecule has 1 aromatic rings. The van der Waals surface area contributed by atoms with Crippen molar-refractivity contribution in [2.24, 2.45) is 0 Å². The zero-order valence-electron chi connectivity index (χ0n) is 9.76. The van der Waals surface area contributed by atoms with Crippen LogP contribution in [-0.2, 0) is 6.42 Å². The fourth-order valence-corrected chi connectivity index (χ4v) is 2.13. The first-order valence-corrected chi connectivity index (χ1v) is 6.03. The Bertz CT molecular complexity index is 326. The largest absolute Gasteiger partial charge is 0.394 e. The van der Waals surface area contributed by atoms with E-state index in [0.717, 1.165) is 37.3 Å². The molecule has 1 aromatic heterocycles. The molecular weight excluding hydrogens is 202 g/mol. The van der Waals surface area contributed by atoms with Crippen LogP contribution >= 0.6 is 0 Å². The summed E-state index contributed by atoms with van der Waals surface area (Å²) >= 11 is 0. The molecule has 0 aliphatic carbocycles. The molecule has 1 unspecified atom stereocenters. The Hall–Kier alpha value is -1.16. The standard InChI is InChI=1S/C12H19N3O/c1-2-10-7-13-12(14-8-10)15-6-4-3-5-11(15)9-16/h7-8,11,16H,2-6,9H2,1H3. The highest BCUT2D eigenvalue weighted by Crippen LogP contribution is 2.21. The number of hydrogen-bond acceptors (Lipinski definition) is 4.